The van der Waals surface area contributed by atoms with Crippen LogP contribution in [0.25, 0.3) is 0 Å². The van der Waals surface area contributed by atoms with Crippen LogP contribution in [0.4, 0.5) is 4.79 Å². The quantitative estimate of drug-likeness (QED) is 0.713. The van der Waals surface area contributed by atoms with Crippen molar-refractivity contribution in [3.63, 3.8) is 0 Å². The summed E-state index contributed by atoms with van der Waals surface area (Å²) in [6, 6.07) is -0.249. The molecular weight excluding hydrogens is 312 g/mol. The van der Waals surface area contributed by atoms with Crippen LogP contribution in [0.15, 0.2) is 17.0 Å². The van der Waals surface area contributed by atoms with Gasteiger partial charge in [-0.25, -0.2) is 19.6 Å². The summed E-state index contributed by atoms with van der Waals surface area (Å²) >= 11 is 2.83. The number of carboxylic acids is 1. The van der Waals surface area contributed by atoms with Crippen LogP contribution in [0.2, 0.25) is 0 Å². The molecule has 2 rings (SSSR count). The molecule has 112 valence electrons. The SMILES string of the molecule is O=C(NCCc1nccs1)NCCc1nc(C(=O)O)cs1. The van der Waals surface area contributed by atoms with Gasteiger partial charge in [0.05, 0.1) is 10.0 Å². The highest BCUT2D eigenvalue weighted by atomic mass is 32.1. The van der Waals surface area contributed by atoms with Gasteiger partial charge in [-0.3, -0.25) is 0 Å². The first-order valence-electron chi connectivity index (χ1n) is 6.23. The highest BCUT2D eigenvalue weighted by Crippen LogP contribution is 2.09. The smallest absolute Gasteiger partial charge is 0.355 e. The molecule has 0 spiro atoms. The van der Waals surface area contributed by atoms with E-state index >= 15 is 0 Å². The Morgan fingerprint density at radius 2 is 1.86 bits per heavy atom. The number of rotatable bonds is 7. The van der Waals surface area contributed by atoms with Crippen molar-refractivity contribution in [1.82, 2.24) is 20.6 Å². The molecule has 0 aromatic carbocycles. The van der Waals surface area contributed by atoms with Crippen LogP contribution in [0.5, 0.6) is 0 Å². The number of aromatic nitrogens is 2. The number of hydrogen-bond acceptors (Lipinski definition) is 6. The van der Waals surface area contributed by atoms with Crippen molar-refractivity contribution >= 4 is 34.7 Å². The van der Waals surface area contributed by atoms with Gasteiger partial charge in [0.15, 0.2) is 5.69 Å². The third-order valence-electron chi connectivity index (χ3n) is 2.50. The van der Waals surface area contributed by atoms with Crippen LogP contribution >= 0.6 is 22.7 Å². The normalized spacial score (nSPS) is 10.3. The van der Waals surface area contributed by atoms with E-state index in [9.17, 15) is 9.59 Å². The lowest BCUT2D eigenvalue weighted by molar-refractivity contribution is 0.0691. The Morgan fingerprint density at radius 3 is 2.43 bits per heavy atom. The van der Waals surface area contributed by atoms with Crippen LogP contribution in [-0.4, -0.2) is 40.2 Å². The minimum Gasteiger partial charge on any atom is -0.476 e. The van der Waals surface area contributed by atoms with Crippen molar-refractivity contribution in [2.24, 2.45) is 0 Å². The van der Waals surface area contributed by atoms with Crippen molar-refractivity contribution in [1.29, 1.82) is 0 Å². The number of aromatic carboxylic acids is 1. The van der Waals surface area contributed by atoms with E-state index in [0.717, 1.165) is 5.01 Å². The second kappa shape index (κ2) is 7.70. The molecule has 0 unspecified atom stereocenters. The fraction of sp³-hybridized carbons (Fsp3) is 0.333. The summed E-state index contributed by atoms with van der Waals surface area (Å²) in [5.41, 5.74) is 0.0444. The van der Waals surface area contributed by atoms with Crippen molar-refractivity contribution in [3.8, 4) is 0 Å². The zero-order valence-corrected chi connectivity index (χ0v) is 12.7. The number of carbonyl (C=O) groups excluding carboxylic acids is 1. The molecule has 2 aromatic rings. The Balaban J connectivity index is 1.61. The van der Waals surface area contributed by atoms with Gasteiger partial charge >= 0.3 is 12.0 Å². The van der Waals surface area contributed by atoms with Crippen molar-refractivity contribution in [3.05, 3.63) is 32.7 Å². The van der Waals surface area contributed by atoms with Crippen molar-refractivity contribution < 1.29 is 14.7 Å². The van der Waals surface area contributed by atoms with Crippen LogP contribution < -0.4 is 10.6 Å². The molecule has 2 aromatic heterocycles. The molecule has 0 saturated carbocycles. The highest BCUT2D eigenvalue weighted by molar-refractivity contribution is 7.10. The molecule has 9 heteroatoms. The number of nitrogens with zero attached hydrogens (tertiary/aromatic N) is 2. The number of carboxylic acid groups (broad SMARTS) is 1. The fourth-order valence-corrected chi connectivity index (χ4v) is 2.92. The molecule has 0 atom stereocenters. The molecule has 0 radical (unpaired) electrons. The van der Waals surface area contributed by atoms with E-state index in [-0.39, 0.29) is 11.7 Å². The van der Waals surface area contributed by atoms with Crippen molar-refractivity contribution in [2.45, 2.75) is 12.8 Å². The van der Waals surface area contributed by atoms with E-state index in [1.54, 1.807) is 17.5 Å². The van der Waals surface area contributed by atoms with Crippen LogP contribution in [0, 0.1) is 0 Å². The molecule has 3 N–H and O–H groups in total. The van der Waals surface area contributed by atoms with Gasteiger partial charge in [0, 0.05) is 42.9 Å². The standard InChI is InChI=1S/C12H14N4O3S2/c17-11(18)8-7-21-10(16-8)2-4-15-12(19)14-3-1-9-13-5-6-20-9/h5-7H,1-4H2,(H,17,18)(H2,14,15,19). The van der Waals surface area contributed by atoms with Crippen LogP contribution in [-0.2, 0) is 12.8 Å². The van der Waals surface area contributed by atoms with Gasteiger partial charge < -0.3 is 15.7 Å². The molecule has 0 fully saturated rings. The van der Waals surface area contributed by atoms with Gasteiger partial charge in [0.25, 0.3) is 0 Å². The third kappa shape index (κ3) is 5.12. The zero-order valence-electron chi connectivity index (χ0n) is 11.0. The molecule has 0 aliphatic rings. The minimum absolute atomic E-state index is 0.0444. The zero-order chi connectivity index (χ0) is 15.1. The Hall–Kier alpha value is -2.00. The van der Waals surface area contributed by atoms with Gasteiger partial charge in [-0.15, -0.1) is 22.7 Å². The second-order valence-corrected chi connectivity index (χ2v) is 5.96. The number of carbonyl (C=O) groups is 2. The average Bonchev–Trinajstić information content (AvgIpc) is 3.09. The van der Waals surface area contributed by atoms with Gasteiger partial charge in [0.2, 0.25) is 0 Å². The highest BCUT2D eigenvalue weighted by Gasteiger charge is 2.08. The van der Waals surface area contributed by atoms with Gasteiger partial charge in [-0.05, 0) is 0 Å². The van der Waals surface area contributed by atoms with E-state index < -0.39 is 5.97 Å². The largest absolute Gasteiger partial charge is 0.476 e. The first-order chi connectivity index (χ1) is 10.1. The van der Waals surface area contributed by atoms with Crippen LogP contribution in [0.3, 0.4) is 0 Å². The lowest BCUT2D eigenvalue weighted by atomic mass is 10.4. The van der Waals surface area contributed by atoms with Crippen molar-refractivity contribution in [2.75, 3.05) is 13.1 Å². The topological polar surface area (TPSA) is 104 Å². The maximum Gasteiger partial charge on any atom is 0.355 e. The van der Waals surface area contributed by atoms with E-state index in [2.05, 4.69) is 20.6 Å². The fourth-order valence-electron chi connectivity index (χ4n) is 1.53. The Morgan fingerprint density at radius 1 is 1.14 bits per heavy atom. The lowest BCUT2D eigenvalue weighted by Gasteiger charge is -2.05. The van der Waals surface area contributed by atoms with E-state index in [0.29, 0.717) is 30.9 Å². The van der Waals surface area contributed by atoms with Gasteiger partial charge in [-0.2, -0.15) is 0 Å². The maximum absolute atomic E-state index is 11.5. The lowest BCUT2D eigenvalue weighted by Crippen LogP contribution is -2.37. The molecular formula is C12H14N4O3S2. The summed E-state index contributed by atoms with van der Waals surface area (Å²) < 4.78 is 0. The molecule has 2 heterocycles. The number of urea groups is 1. The molecule has 21 heavy (non-hydrogen) atoms. The Bertz CT molecular complexity index is 597. The summed E-state index contributed by atoms with van der Waals surface area (Å²) in [4.78, 5) is 30.3. The molecule has 2 amide bonds. The molecule has 0 saturated heterocycles. The molecule has 0 aliphatic heterocycles. The second-order valence-electron chi connectivity index (χ2n) is 4.04. The summed E-state index contributed by atoms with van der Waals surface area (Å²) in [6.45, 7) is 0.940. The summed E-state index contributed by atoms with van der Waals surface area (Å²) in [6.07, 6.45) is 2.96. The minimum atomic E-state index is -1.04. The number of thiazole rings is 2. The number of amides is 2. The number of hydrogen-bond donors (Lipinski definition) is 3. The van der Waals surface area contributed by atoms with E-state index in [1.807, 2.05) is 5.38 Å². The predicted octanol–water partition coefficient (Wildman–Crippen LogP) is 1.38. The summed E-state index contributed by atoms with van der Waals surface area (Å²) in [5, 5.41) is 19.3. The van der Waals surface area contributed by atoms with Crippen LogP contribution in [0.1, 0.15) is 20.5 Å². The van der Waals surface area contributed by atoms with E-state index in [1.165, 1.54) is 16.7 Å². The molecule has 0 aliphatic carbocycles. The average molecular weight is 326 g/mol. The Labute approximate surface area is 129 Å². The third-order valence-corrected chi connectivity index (χ3v) is 4.25. The number of nitrogens with one attached hydrogen (secondary N) is 2. The monoisotopic (exact) mass is 326 g/mol. The first-order valence-corrected chi connectivity index (χ1v) is 7.99. The van der Waals surface area contributed by atoms with Gasteiger partial charge in [0.1, 0.15) is 0 Å². The first kappa shape index (κ1) is 15.4. The maximum atomic E-state index is 11.5. The van der Waals surface area contributed by atoms with E-state index in [4.69, 9.17) is 5.11 Å². The van der Waals surface area contributed by atoms with Gasteiger partial charge in [-0.1, -0.05) is 0 Å². The summed E-state index contributed by atoms with van der Waals surface area (Å²) in [7, 11) is 0. The summed E-state index contributed by atoms with van der Waals surface area (Å²) in [5.74, 6) is -1.04. The Kier molecular flexibility index (Phi) is 5.64. The molecule has 7 nitrogen and oxygen atoms in total. The molecule has 0 bridgehead atoms. The predicted molar refractivity (Wildman–Crippen MR) is 80.0 cm³/mol.